The van der Waals surface area contributed by atoms with Crippen LogP contribution in [-0.2, 0) is 5.41 Å². The molecule has 0 bridgehead atoms. The van der Waals surface area contributed by atoms with E-state index in [4.69, 9.17) is 19.9 Å². The first kappa shape index (κ1) is 36.3. The Hall–Kier alpha value is -7.61. The summed E-state index contributed by atoms with van der Waals surface area (Å²) in [6.07, 6.45) is 11.7. The molecule has 5 heterocycles. The summed E-state index contributed by atoms with van der Waals surface area (Å²) < 4.78 is 0. The van der Waals surface area contributed by atoms with Gasteiger partial charge in [-0.15, -0.1) is 0 Å². The molecule has 0 radical (unpaired) electrons. The molecule has 0 amide bonds. The Kier molecular flexibility index (Phi) is 8.68. The molecule has 7 heteroatoms. The number of fused-ring (bicyclic) bond motifs is 9. The normalized spacial score (nSPS) is 14.4. The summed E-state index contributed by atoms with van der Waals surface area (Å²) >= 11 is 1.85. The summed E-state index contributed by atoms with van der Waals surface area (Å²) in [5.74, 6) is 1.92. The van der Waals surface area contributed by atoms with Gasteiger partial charge >= 0.3 is 0 Å². The number of rotatable bonds is 6. The Labute approximate surface area is 363 Å². The van der Waals surface area contributed by atoms with Gasteiger partial charge in [-0.25, -0.2) is 19.9 Å². The number of hydrogen-bond acceptors (Lipinski definition) is 7. The molecule has 0 N–H and O–H groups in total. The van der Waals surface area contributed by atoms with Crippen molar-refractivity contribution in [1.29, 1.82) is 0 Å². The van der Waals surface area contributed by atoms with Crippen LogP contribution >= 0.6 is 11.8 Å². The van der Waals surface area contributed by atoms with E-state index in [1.165, 1.54) is 43.9 Å². The van der Waals surface area contributed by atoms with E-state index in [-0.39, 0.29) is 0 Å². The van der Waals surface area contributed by atoms with Crippen molar-refractivity contribution in [1.82, 2.24) is 29.9 Å². The van der Waals surface area contributed by atoms with Gasteiger partial charge in [0.1, 0.15) is 0 Å². The lowest BCUT2D eigenvalue weighted by Gasteiger charge is -2.44. The maximum Gasteiger partial charge on any atom is 0.165 e. The van der Waals surface area contributed by atoms with E-state index in [0.29, 0.717) is 17.5 Å². The molecule has 12 rings (SSSR count). The third-order valence-electron chi connectivity index (χ3n) is 12.3. The van der Waals surface area contributed by atoms with Crippen molar-refractivity contribution < 1.29 is 0 Å². The molecule has 5 aromatic carbocycles. The van der Waals surface area contributed by atoms with Crippen molar-refractivity contribution in [3.05, 3.63) is 227 Å². The zero-order valence-electron chi connectivity index (χ0n) is 33.5. The number of hydrogen-bond donors (Lipinski definition) is 0. The summed E-state index contributed by atoms with van der Waals surface area (Å²) in [4.78, 5) is 32.2. The van der Waals surface area contributed by atoms with Crippen LogP contribution in [0.2, 0.25) is 0 Å². The highest BCUT2D eigenvalue weighted by Crippen LogP contribution is 2.66. The van der Waals surface area contributed by atoms with E-state index in [1.54, 1.807) is 12.4 Å². The third-order valence-corrected chi connectivity index (χ3v) is 13.6. The minimum Gasteiger partial charge on any atom is -0.264 e. The highest BCUT2D eigenvalue weighted by atomic mass is 32.2. The fourth-order valence-electron chi connectivity index (χ4n) is 9.58. The predicted molar refractivity (Wildman–Crippen MR) is 249 cm³/mol. The molecule has 0 unspecified atom stereocenters. The molecule has 0 atom stereocenters. The first-order chi connectivity index (χ1) is 30.7. The molecule has 6 nitrogen and oxygen atoms in total. The van der Waals surface area contributed by atoms with Gasteiger partial charge in [0.15, 0.2) is 17.5 Å². The molecule has 0 saturated heterocycles. The molecule has 0 fully saturated rings. The quantitative estimate of drug-likeness (QED) is 0.165. The van der Waals surface area contributed by atoms with Crippen LogP contribution in [0.3, 0.4) is 0 Å². The minimum atomic E-state index is -0.590. The molecule has 0 saturated carbocycles. The van der Waals surface area contributed by atoms with Gasteiger partial charge in [0, 0.05) is 62.4 Å². The maximum atomic E-state index is 5.30. The van der Waals surface area contributed by atoms with Crippen molar-refractivity contribution in [3.63, 3.8) is 0 Å². The highest BCUT2D eigenvalue weighted by Gasteiger charge is 2.53. The summed E-state index contributed by atoms with van der Waals surface area (Å²) in [6, 6.07) is 57.7. The van der Waals surface area contributed by atoms with Gasteiger partial charge < -0.3 is 0 Å². The van der Waals surface area contributed by atoms with Crippen molar-refractivity contribution in [2.24, 2.45) is 0 Å². The van der Waals surface area contributed by atoms with E-state index >= 15 is 0 Å². The Bertz CT molecular complexity index is 3100. The van der Waals surface area contributed by atoms with Crippen molar-refractivity contribution >= 4 is 17.3 Å². The third kappa shape index (κ3) is 5.80. The van der Waals surface area contributed by atoms with Crippen LogP contribution in [-0.4, -0.2) is 29.9 Å². The molecule has 1 aliphatic heterocycles. The first-order valence-corrected chi connectivity index (χ1v) is 21.7. The van der Waals surface area contributed by atoms with Crippen molar-refractivity contribution in [2.45, 2.75) is 23.2 Å². The SMILES string of the molecule is C1=C2C(=C(c3cc(-c4cccnc4)nc(-c4cccnc4)c3)CC1)Sc1c(-c3nc(-c4ccccc4)nc(-c4ccccc4)n3)cccc1C21c2ccccc2-c2ccccc21. The molecule has 292 valence electrons. The Morgan fingerprint density at radius 2 is 0.952 bits per heavy atom. The molecule has 62 heavy (non-hydrogen) atoms. The monoisotopic (exact) mass is 812 g/mol. The summed E-state index contributed by atoms with van der Waals surface area (Å²) in [5.41, 5.74) is 16.0. The zero-order valence-corrected chi connectivity index (χ0v) is 34.3. The Morgan fingerprint density at radius 3 is 1.53 bits per heavy atom. The highest BCUT2D eigenvalue weighted by molar-refractivity contribution is 8.03. The first-order valence-electron chi connectivity index (χ1n) is 20.9. The number of benzene rings is 5. The second kappa shape index (κ2) is 14.8. The largest absolute Gasteiger partial charge is 0.264 e. The zero-order chi connectivity index (χ0) is 41.0. The van der Waals surface area contributed by atoms with Gasteiger partial charge in [-0.2, -0.15) is 0 Å². The second-order valence-electron chi connectivity index (χ2n) is 15.7. The average molecular weight is 813 g/mol. The van der Waals surface area contributed by atoms with Crippen LogP contribution < -0.4 is 0 Å². The smallest absolute Gasteiger partial charge is 0.165 e. The van der Waals surface area contributed by atoms with Gasteiger partial charge in [-0.05, 0) is 93.8 Å². The Morgan fingerprint density at radius 1 is 0.435 bits per heavy atom. The van der Waals surface area contributed by atoms with Gasteiger partial charge in [-0.3, -0.25) is 9.97 Å². The molecule has 4 aromatic heterocycles. The number of nitrogens with zero attached hydrogens (tertiary/aromatic N) is 6. The van der Waals surface area contributed by atoms with Crippen molar-refractivity contribution in [2.75, 3.05) is 0 Å². The lowest BCUT2D eigenvalue weighted by molar-refractivity contribution is 0.726. The number of allylic oxidation sites excluding steroid dienone is 3. The summed E-state index contributed by atoms with van der Waals surface area (Å²) in [6.45, 7) is 0. The van der Waals surface area contributed by atoms with Crippen molar-refractivity contribution in [3.8, 4) is 67.8 Å². The van der Waals surface area contributed by atoms with E-state index in [9.17, 15) is 0 Å². The topological polar surface area (TPSA) is 77.3 Å². The second-order valence-corrected chi connectivity index (χ2v) is 16.8. The van der Waals surface area contributed by atoms with Crippen LogP contribution in [0, 0.1) is 0 Å². The lowest BCUT2D eigenvalue weighted by atomic mass is 9.64. The predicted octanol–water partition coefficient (Wildman–Crippen LogP) is 12.9. The minimum absolute atomic E-state index is 0.590. The van der Waals surface area contributed by atoms with E-state index in [1.807, 2.05) is 72.7 Å². The molecular formula is C55H36N6S. The molecule has 2 aliphatic carbocycles. The van der Waals surface area contributed by atoms with Gasteiger partial charge in [-0.1, -0.05) is 145 Å². The average Bonchev–Trinajstić information content (AvgIpc) is 3.65. The fourth-order valence-corrected chi connectivity index (χ4v) is 11.1. The Balaban J connectivity index is 1.16. The molecular weight excluding hydrogens is 777 g/mol. The maximum absolute atomic E-state index is 5.30. The fraction of sp³-hybridized carbons (Fsp3) is 0.0545. The molecule has 1 spiro atoms. The standard InChI is InChI=1S/C55H36N6S/c1-3-15-35(16-4-1)52-59-53(36-17-5-2-6-18-36)61-54(60-52)43-24-12-28-47-51(43)62-50-40(39-31-48(37-19-13-29-56-33-37)58-49(32-39)38-20-14-30-57-34-38)23-11-27-46(50)55(47)44-25-9-7-21-41(44)42-22-8-10-26-45(42)55/h1-10,12-22,24-34H,11,23H2. The van der Waals surface area contributed by atoms with E-state index in [2.05, 4.69) is 131 Å². The van der Waals surface area contributed by atoms with Crippen LogP contribution in [0.4, 0.5) is 0 Å². The summed E-state index contributed by atoms with van der Waals surface area (Å²) in [5, 5.41) is 0. The van der Waals surface area contributed by atoms with Gasteiger partial charge in [0.05, 0.1) is 16.8 Å². The van der Waals surface area contributed by atoms with Crippen LogP contribution in [0.5, 0.6) is 0 Å². The molecule has 9 aromatic rings. The van der Waals surface area contributed by atoms with Crippen LogP contribution in [0.15, 0.2) is 210 Å². The lowest BCUT2D eigenvalue weighted by Crippen LogP contribution is -2.34. The van der Waals surface area contributed by atoms with Gasteiger partial charge in [0.2, 0.25) is 0 Å². The number of thioether (sulfide) groups is 1. The molecule has 3 aliphatic rings. The van der Waals surface area contributed by atoms with E-state index in [0.717, 1.165) is 62.5 Å². The van der Waals surface area contributed by atoms with Gasteiger partial charge in [0.25, 0.3) is 0 Å². The number of pyridine rings is 3. The number of aromatic nitrogens is 6. The van der Waals surface area contributed by atoms with Crippen LogP contribution in [0.1, 0.15) is 35.1 Å². The summed E-state index contributed by atoms with van der Waals surface area (Å²) in [7, 11) is 0. The van der Waals surface area contributed by atoms with Crippen LogP contribution in [0.25, 0.3) is 73.4 Å². The van der Waals surface area contributed by atoms with E-state index < -0.39 is 5.41 Å².